The third kappa shape index (κ3) is 9.73. The zero-order valence-corrected chi connectivity index (χ0v) is 14.5. The fraction of sp³-hybridized carbons (Fsp3) is 0.750. The zero-order chi connectivity index (χ0) is 15.9. The van der Waals surface area contributed by atoms with E-state index in [4.69, 9.17) is 5.53 Å². The van der Waals surface area contributed by atoms with Crippen LogP contribution in [0.25, 0.3) is 5.53 Å². The molecule has 0 fully saturated rings. The van der Waals surface area contributed by atoms with Crippen molar-refractivity contribution in [1.82, 2.24) is 0 Å². The average molecular weight is 303 g/mol. The van der Waals surface area contributed by atoms with Crippen LogP contribution in [0.5, 0.6) is 0 Å². The van der Waals surface area contributed by atoms with Crippen molar-refractivity contribution in [3.8, 4) is 0 Å². The van der Waals surface area contributed by atoms with Gasteiger partial charge in [-0.2, -0.15) is 4.79 Å². The summed E-state index contributed by atoms with van der Waals surface area (Å²) in [6, 6.07) is 0. The monoisotopic (exact) mass is 302 g/mol. The Morgan fingerprint density at radius 2 is 1.36 bits per heavy atom. The summed E-state index contributed by atoms with van der Waals surface area (Å²) in [6.07, 6.45) is 25.0. The van der Waals surface area contributed by atoms with E-state index in [0.717, 1.165) is 12.1 Å². The molecule has 124 valence electrons. The fourth-order valence-electron chi connectivity index (χ4n) is 3.00. The molecule has 0 amide bonds. The molecule has 0 bridgehead atoms. The van der Waals surface area contributed by atoms with Crippen LogP contribution in [0.4, 0.5) is 0 Å². The highest BCUT2D eigenvalue weighted by Gasteiger charge is 2.07. The lowest BCUT2D eigenvalue weighted by Gasteiger charge is -2.05. The Bertz CT molecular complexity index is 387. The van der Waals surface area contributed by atoms with Crippen molar-refractivity contribution >= 4 is 5.71 Å². The smallest absolute Gasteiger partial charge is 0.295 e. The molecule has 22 heavy (non-hydrogen) atoms. The minimum atomic E-state index is 0.762. The van der Waals surface area contributed by atoms with Gasteiger partial charge in [0.25, 0.3) is 5.71 Å². The second kappa shape index (κ2) is 13.5. The molecule has 0 saturated heterocycles. The van der Waals surface area contributed by atoms with E-state index in [9.17, 15) is 0 Å². The number of hydrogen-bond acceptors (Lipinski definition) is 0. The van der Waals surface area contributed by atoms with Gasteiger partial charge in [-0.15, -0.1) is 0 Å². The highest BCUT2D eigenvalue weighted by molar-refractivity contribution is 5.93. The van der Waals surface area contributed by atoms with Crippen molar-refractivity contribution in [1.29, 1.82) is 0 Å². The normalized spacial score (nSPS) is 14.0. The first kappa shape index (κ1) is 18.9. The van der Waals surface area contributed by atoms with Crippen LogP contribution in [-0.2, 0) is 0 Å². The first-order valence-electron chi connectivity index (χ1n) is 9.45. The minimum absolute atomic E-state index is 0.762. The Hall–Kier alpha value is -1.14. The van der Waals surface area contributed by atoms with Crippen molar-refractivity contribution in [2.75, 3.05) is 0 Å². The van der Waals surface area contributed by atoms with Gasteiger partial charge in [0.1, 0.15) is 0 Å². The molecule has 0 heterocycles. The van der Waals surface area contributed by atoms with Gasteiger partial charge in [-0.25, -0.2) is 0 Å². The summed E-state index contributed by atoms with van der Waals surface area (Å²) in [5.41, 5.74) is 10.8. The molecule has 0 aliphatic heterocycles. The summed E-state index contributed by atoms with van der Waals surface area (Å²) in [7, 11) is 0. The highest BCUT2D eigenvalue weighted by Crippen LogP contribution is 2.17. The lowest BCUT2D eigenvalue weighted by Crippen LogP contribution is -1.98. The highest BCUT2D eigenvalue weighted by atomic mass is 14.8. The Labute approximate surface area is 137 Å². The molecular formula is C20H34N2. The maximum atomic E-state index is 8.67. The third-order valence-electron chi connectivity index (χ3n) is 4.51. The van der Waals surface area contributed by atoms with Crippen molar-refractivity contribution in [2.24, 2.45) is 0 Å². The standard InChI is InChI=1S/C20H34N2/c1-2-3-4-5-6-7-8-9-10-11-12-13-14-19-15-17-20(22-21)18-16-19/h15-17H,2-14,18H2,1H3. The molecule has 2 nitrogen and oxygen atoms in total. The van der Waals surface area contributed by atoms with Crippen LogP contribution >= 0.6 is 0 Å². The number of rotatable bonds is 13. The number of unbranched alkanes of at least 4 members (excludes halogenated alkanes) is 11. The molecule has 0 unspecified atom stereocenters. The number of hydrogen-bond donors (Lipinski definition) is 0. The maximum absolute atomic E-state index is 8.67. The molecule has 0 radical (unpaired) electrons. The van der Waals surface area contributed by atoms with Gasteiger partial charge in [-0.1, -0.05) is 95.3 Å². The molecule has 1 rings (SSSR count). The summed E-state index contributed by atoms with van der Waals surface area (Å²) in [4.78, 5) is 3.23. The molecule has 1 aliphatic carbocycles. The molecule has 0 saturated carbocycles. The van der Waals surface area contributed by atoms with E-state index in [1.54, 1.807) is 0 Å². The van der Waals surface area contributed by atoms with Crippen LogP contribution < -0.4 is 0 Å². The lowest BCUT2D eigenvalue weighted by atomic mass is 9.99. The van der Waals surface area contributed by atoms with E-state index >= 15 is 0 Å². The van der Waals surface area contributed by atoms with Gasteiger partial charge in [0.15, 0.2) is 0 Å². The Balaban J connectivity index is 1.83. The summed E-state index contributed by atoms with van der Waals surface area (Å²) in [5.74, 6) is 0. The van der Waals surface area contributed by atoms with Crippen LogP contribution in [0.15, 0.2) is 23.8 Å². The fourth-order valence-corrected chi connectivity index (χ4v) is 3.00. The van der Waals surface area contributed by atoms with Gasteiger partial charge in [0.05, 0.1) is 6.42 Å². The van der Waals surface area contributed by atoms with Gasteiger partial charge in [-0.3, -0.25) is 0 Å². The van der Waals surface area contributed by atoms with E-state index in [1.165, 1.54) is 89.0 Å². The predicted octanol–water partition coefficient (Wildman–Crippen LogP) is 6.63. The molecular weight excluding hydrogens is 268 g/mol. The zero-order valence-electron chi connectivity index (χ0n) is 14.5. The van der Waals surface area contributed by atoms with Crippen LogP contribution in [0.2, 0.25) is 0 Å². The van der Waals surface area contributed by atoms with Crippen molar-refractivity contribution in [2.45, 2.75) is 96.8 Å². The number of nitrogens with zero attached hydrogens (tertiary/aromatic N) is 2. The van der Waals surface area contributed by atoms with Crippen molar-refractivity contribution < 1.29 is 4.79 Å². The Morgan fingerprint density at radius 3 is 1.82 bits per heavy atom. The van der Waals surface area contributed by atoms with E-state index in [-0.39, 0.29) is 0 Å². The van der Waals surface area contributed by atoms with Gasteiger partial charge in [-0.05, 0) is 12.8 Å². The van der Waals surface area contributed by atoms with Gasteiger partial charge >= 0.3 is 0 Å². The molecule has 1 aliphatic rings. The molecule has 0 aromatic carbocycles. The van der Waals surface area contributed by atoms with E-state index < -0.39 is 0 Å². The molecule has 0 atom stereocenters. The molecule has 0 N–H and O–H groups in total. The maximum Gasteiger partial charge on any atom is 0.295 e. The average Bonchev–Trinajstić information content (AvgIpc) is 2.56. The summed E-state index contributed by atoms with van der Waals surface area (Å²) >= 11 is 0. The first-order chi connectivity index (χ1) is 10.9. The van der Waals surface area contributed by atoms with Crippen LogP contribution in [0.1, 0.15) is 96.8 Å². The molecule has 0 spiro atoms. The van der Waals surface area contributed by atoms with Crippen LogP contribution in [0, 0.1) is 0 Å². The van der Waals surface area contributed by atoms with Gasteiger partial charge in [0, 0.05) is 6.08 Å². The van der Waals surface area contributed by atoms with Crippen LogP contribution in [0.3, 0.4) is 0 Å². The molecule has 0 aromatic rings. The SMILES string of the molecule is CCCCCCCCCCCCCCC1=CCC(=[N+]=[N-])C=C1. The predicted molar refractivity (Wildman–Crippen MR) is 96.2 cm³/mol. The number of allylic oxidation sites excluding steroid dienone is 4. The van der Waals surface area contributed by atoms with Crippen molar-refractivity contribution in [3.05, 3.63) is 29.3 Å². The summed E-state index contributed by atoms with van der Waals surface area (Å²) in [5, 5.41) is 0. The van der Waals surface area contributed by atoms with E-state index in [0.29, 0.717) is 0 Å². The first-order valence-corrected chi connectivity index (χ1v) is 9.45. The quantitative estimate of drug-likeness (QED) is 0.208. The molecule has 2 heteroatoms. The third-order valence-corrected chi connectivity index (χ3v) is 4.51. The largest absolute Gasteiger partial charge is 0.361 e. The van der Waals surface area contributed by atoms with Gasteiger partial charge in [0.2, 0.25) is 0 Å². The van der Waals surface area contributed by atoms with Crippen LogP contribution in [-0.4, -0.2) is 10.5 Å². The second-order valence-corrected chi connectivity index (χ2v) is 6.55. The summed E-state index contributed by atoms with van der Waals surface area (Å²) in [6.45, 7) is 2.28. The minimum Gasteiger partial charge on any atom is -0.361 e. The Morgan fingerprint density at radius 1 is 0.818 bits per heavy atom. The second-order valence-electron chi connectivity index (χ2n) is 6.55. The summed E-state index contributed by atoms with van der Waals surface area (Å²) < 4.78 is 0. The van der Waals surface area contributed by atoms with E-state index in [1.807, 2.05) is 6.08 Å². The van der Waals surface area contributed by atoms with E-state index in [2.05, 4.69) is 23.9 Å². The van der Waals surface area contributed by atoms with Gasteiger partial charge < -0.3 is 5.53 Å². The van der Waals surface area contributed by atoms with Crippen molar-refractivity contribution in [3.63, 3.8) is 0 Å². The molecule has 0 aromatic heterocycles. The topological polar surface area (TPSA) is 36.4 Å². The Kier molecular flexibility index (Phi) is 11.6. The lowest BCUT2D eigenvalue weighted by molar-refractivity contribution is -0.00541.